The molecule has 0 radical (unpaired) electrons. The van der Waals surface area contributed by atoms with Gasteiger partial charge in [-0.25, -0.2) is 4.79 Å². The van der Waals surface area contributed by atoms with Crippen molar-refractivity contribution in [2.45, 2.75) is 38.8 Å². The first kappa shape index (κ1) is 17.1. The number of ether oxygens (including phenoxy) is 1. The molecule has 1 atom stereocenters. The molecule has 8 heteroatoms. The number of furan rings is 1. The van der Waals surface area contributed by atoms with E-state index in [0.717, 1.165) is 0 Å². The van der Waals surface area contributed by atoms with Gasteiger partial charge >= 0.3 is 6.09 Å². The molecule has 8 nitrogen and oxygen atoms in total. The predicted octanol–water partition coefficient (Wildman–Crippen LogP) is 2.67. The normalized spacial score (nSPS) is 17.6. The summed E-state index contributed by atoms with van der Waals surface area (Å²) < 4.78 is 15.7. The van der Waals surface area contributed by atoms with Gasteiger partial charge in [-0.15, -0.1) is 0 Å². The van der Waals surface area contributed by atoms with E-state index < -0.39 is 5.60 Å². The van der Waals surface area contributed by atoms with Crippen LogP contribution < -0.4 is 5.32 Å². The van der Waals surface area contributed by atoms with Crippen molar-refractivity contribution in [3.63, 3.8) is 0 Å². The van der Waals surface area contributed by atoms with Gasteiger partial charge in [0.15, 0.2) is 11.5 Å². The van der Waals surface area contributed by atoms with Crippen LogP contribution in [0.4, 0.5) is 4.79 Å². The topological polar surface area (TPSA) is 97.8 Å². The number of hydrogen-bond donors (Lipinski definition) is 1. The summed E-state index contributed by atoms with van der Waals surface area (Å²) in [6.45, 7) is 6.41. The van der Waals surface area contributed by atoms with Crippen LogP contribution in [0.25, 0.3) is 11.5 Å². The van der Waals surface area contributed by atoms with Crippen LogP contribution in [0.2, 0.25) is 0 Å². The van der Waals surface area contributed by atoms with Crippen molar-refractivity contribution in [3.8, 4) is 11.5 Å². The summed E-state index contributed by atoms with van der Waals surface area (Å²) in [6.07, 6.45) is 1.81. The molecule has 2 aromatic rings. The molecule has 1 N–H and O–H groups in total. The standard InChI is InChI=1S/C17H21N3O5/c1-17(2,3)24-16(22)20-7-6-11(10-20)18-15(21)12-9-14(25-19-12)13-5-4-8-23-13/h4-5,8-9,11H,6-7,10H2,1-3H3,(H,18,21). The Balaban J connectivity index is 1.55. The maximum atomic E-state index is 12.3. The van der Waals surface area contributed by atoms with Crippen molar-refractivity contribution in [2.75, 3.05) is 13.1 Å². The van der Waals surface area contributed by atoms with Gasteiger partial charge in [0.1, 0.15) is 5.60 Å². The fraction of sp³-hybridized carbons (Fsp3) is 0.471. The Bertz CT molecular complexity index is 745. The molecule has 2 aromatic heterocycles. The van der Waals surface area contributed by atoms with Gasteiger partial charge in [-0.3, -0.25) is 4.79 Å². The minimum atomic E-state index is -0.540. The van der Waals surface area contributed by atoms with E-state index in [-0.39, 0.29) is 23.7 Å². The second-order valence-corrected chi connectivity index (χ2v) is 6.94. The fourth-order valence-electron chi connectivity index (χ4n) is 2.55. The van der Waals surface area contributed by atoms with Gasteiger partial charge in [0, 0.05) is 25.2 Å². The van der Waals surface area contributed by atoms with Crippen molar-refractivity contribution in [1.82, 2.24) is 15.4 Å². The molecule has 3 rings (SSSR count). The molecule has 3 heterocycles. The van der Waals surface area contributed by atoms with Gasteiger partial charge in [0.2, 0.25) is 5.76 Å². The highest BCUT2D eigenvalue weighted by atomic mass is 16.6. The molecule has 25 heavy (non-hydrogen) atoms. The highest BCUT2D eigenvalue weighted by molar-refractivity contribution is 5.93. The van der Waals surface area contributed by atoms with Gasteiger partial charge in [0.05, 0.1) is 6.26 Å². The molecule has 0 aromatic carbocycles. The highest BCUT2D eigenvalue weighted by Gasteiger charge is 2.31. The van der Waals surface area contributed by atoms with Crippen LogP contribution in [0.15, 0.2) is 33.4 Å². The van der Waals surface area contributed by atoms with Gasteiger partial charge in [0.25, 0.3) is 5.91 Å². The predicted molar refractivity (Wildman–Crippen MR) is 87.9 cm³/mol. The quantitative estimate of drug-likeness (QED) is 0.917. The van der Waals surface area contributed by atoms with Crippen molar-refractivity contribution in [2.24, 2.45) is 0 Å². The zero-order valence-electron chi connectivity index (χ0n) is 14.4. The third-order valence-electron chi connectivity index (χ3n) is 3.68. The van der Waals surface area contributed by atoms with E-state index in [1.54, 1.807) is 17.0 Å². The minimum absolute atomic E-state index is 0.149. The summed E-state index contributed by atoms with van der Waals surface area (Å²) in [4.78, 5) is 25.9. The first-order valence-corrected chi connectivity index (χ1v) is 8.11. The molecule has 1 saturated heterocycles. The number of amides is 2. The van der Waals surface area contributed by atoms with E-state index in [1.165, 1.54) is 12.3 Å². The van der Waals surface area contributed by atoms with Gasteiger partial charge in [-0.1, -0.05) is 5.16 Å². The average Bonchev–Trinajstić information content (AvgIpc) is 3.26. The van der Waals surface area contributed by atoms with E-state index in [4.69, 9.17) is 13.7 Å². The van der Waals surface area contributed by atoms with Crippen LogP contribution in [-0.4, -0.2) is 46.8 Å². The van der Waals surface area contributed by atoms with E-state index >= 15 is 0 Å². The van der Waals surface area contributed by atoms with E-state index in [0.29, 0.717) is 31.0 Å². The highest BCUT2D eigenvalue weighted by Crippen LogP contribution is 2.21. The van der Waals surface area contributed by atoms with Crippen LogP contribution in [0, 0.1) is 0 Å². The number of carbonyl (C=O) groups excluding carboxylic acids is 2. The molecule has 0 spiro atoms. The summed E-state index contributed by atoms with van der Waals surface area (Å²) in [6, 6.07) is 4.82. The molecular formula is C17H21N3O5. The van der Waals surface area contributed by atoms with Crippen LogP contribution in [0.5, 0.6) is 0 Å². The smallest absolute Gasteiger partial charge is 0.410 e. The van der Waals surface area contributed by atoms with E-state index in [1.807, 2.05) is 20.8 Å². The number of carbonyl (C=O) groups is 2. The maximum Gasteiger partial charge on any atom is 0.410 e. The molecule has 0 aliphatic carbocycles. The Hall–Kier alpha value is -2.77. The maximum absolute atomic E-state index is 12.3. The lowest BCUT2D eigenvalue weighted by molar-refractivity contribution is 0.0290. The van der Waals surface area contributed by atoms with Gasteiger partial charge in [-0.2, -0.15) is 0 Å². The van der Waals surface area contributed by atoms with Gasteiger partial charge < -0.3 is 23.9 Å². The number of nitrogens with zero attached hydrogens (tertiary/aromatic N) is 2. The van der Waals surface area contributed by atoms with Crippen molar-refractivity contribution in [3.05, 3.63) is 30.2 Å². The minimum Gasteiger partial charge on any atom is -0.461 e. The Morgan fingerprint density at radius 3 is 2.84 bits per heavy atom. The summed E-state index contributed by atoms with van der Waals surface area (Å²) in [5.41, 5.74) is -0.372. The van der Waals surface area contributed by atoms with Gasteiger partial charge in [-0.05, 0) is 39.3 Å². The zero-order chi connectivity index (χ0) is 18.0. The Morgan fingerprint density at radius 1 is 1.36 bits per heavy atom. The van der Waals surface area contributed by atoms with Crippen LogP contribution in [-0.2, 0) is 4.74 Å². The molecule has 2 amide bonds. The Morgan fingerprint density at radius 2 is 2.16 bits per heavy atom. The number of nitrogens with one attached hydrogen (secondary N) is 1. The van der Waals surface area contributed by atoms with Crippen LogP contribution >= 0.6 is 0 Å². The molecular weight excluding hydrogens is 326 g/mol. The molecule has 1 fully saturated rings. The second kappa shape index (κ2) is 6.62. The van der Waals surface area contributed by atoms with Crippen molar-refractivity contribution in [1.29, 1.82) is 0 Å². The average molecular weight is 347 g/mol. The Kier molecular flexibility index (Phi) is 4.52. The Labute approximate surface area is 145 Å². The third-order valence-corrected chi connectivity index (χ3v) is 3.68. The summed E-state index contributed by atoms with van der Waals surface area (Å²) >= 11 is 0. The summed E-state index contributed by atoms with van der Waals surface area (Å²) in [5, 5.41) is 6.62. The summed E-state index contributed by atoms with van der Waals surface area (Å²) in [7, 11) is 0. The molecule has 0 saturated carbocycles. The zero-order valence-corrected chi connectivity index (χ0v) is 14.4. The second-order valence-electron chi connectivity index (χ2n) is 6.94. The van der Waals surface area contributed by atoms with E-state index in [2.05, 4.69) is 10.5 Å². The number of likely N-dealkylation sites (tertiary alicyclic amines) is 1. The largest absolute Gasteiger partial charge is 0.461 e. The molecule has 1 unspecified atom stereocenters. The third kappa shape index (κ3) is 4.20. The fourth-order valence-corrected chi connectivity index (χ4v) is 2.55. The van der Waals surface area contributed by atoms with Crippen LogP contribution in [0.1, 0.15) is 37.7 Å². The lowest BCUT2D eigenvalue weighted by Crippen LogP contribution is -2.40. The molecule has 1 aliphatic heterocycles. The monoisotopic (exact) mass is 347 g/mol. The summed E-state index contributed by atoms with van der Waals surface area (Å²) in [5.74, 6) is 0.540. The molecule has 134 valence electrons. The molecule has 0 bridgehead atoms. The number of hydrogen-bond acceptors (Lipinski definition) is 6. The number of rotatable bonds is 3. The van der Waals surface area contributed by atoms with Crippen LogP contribution in [0.3, 0.4) is 0 Å². The van der Waals surface area contributed by atoms with Crippen molar-refractivity contribution < 1.29 is 23.3 Å². The molecule has 1 aliphatic rings. The lowest BCUT2D eigenvalue weighted by atomic mass is 10.2. The SMILES string of the molecule is CC(C)(C)OC(=O)N1CCC(NC(=O)c2cc(-c3ccco3)on2)C1. The lowest BCUT2D eigenvalue weighted by Gasteiger charge is -2.24. The number of aromatic nitrogens is 1. The first-order valence-electron chi connectivity index (χ1n) is 8.11. The van der Waals surface area contributed by atoms with Crippen molar-refractivity contribution >= 4 is 12.0 Å². The van der Waals surface area contributed by atoms with E-state index in [9.17, 15) is 9.59 Å². The first-order chi connectivity index (χ1) is 11.8.